The molecule has 0 saturated carbocycles. The Morgan fingerprint density at radius 3 is 2.83 bits per heavy atom. The molecule has 0 fully saturated rings. The molecule has 1 atom stereocenters. The molecule has 1 aliphatic rings. The van der Waals surface area contributed by atoms with Gasteiger partial charge in [-0.3, -0.25) is 14.3 Å². The third-order valence-corrected chi connectivity index (χ3v) is 5.99. The highest BCUT2D eigenvalue weighted by Gasteiger charge is 2.32. The minimum atomic E-state index is 0.219. The average Bonchev–Trinajstić information content (AvgIpc) is 3.47. The van der Waals surface area contributed by atoms with Crippen LogP contribution in [0.2, 0.25) is 0 Å². The fraction of sp³-hybridized carbons (Fsp3) is 0.391. The van der Waals surface area contributed by atoms with Crippen LogP contribution in [-0.2, 0) is 13.0 Å². The van der Waals surface area contributed by atoms with Crippen LogP contribution in [0.25, 0.3) is 10.9 Å². The number of fused-ring (bicyclic) bond motifs is 3. The lowest BCUT2D eigenvalue weighted by atomic mass is 9.94. The summed E-state index contributed by atoms with van der Waals surface area (Å²) in [7, 11) is 0. The Morgan fingerprint density at radius 1 is 1.14 bits per heavy atom. The SMILES string of the molecule is CC(C)n1cc([C@@H]2c3[nH]c4ccccc4c3CCN2CCCn2cccn2)cn1. The highest BCUT2D eigenvalue weighted by Crippen LogP contribution is 2.38. The summed E-state index contributed by atoms with van der Waals surface area (Å²) in [5.74, 6) is 0. The predicted molar refractivity (Wildman–Crippen MR) is 115 cm³/mol. The molecule has 0 amide bonds. The Bertz CT molecular complexity index is 1090. The molecule has 0 bridgehead atoms. The van der Waals surface area contributed by atoms with Crippen molar-refractivity contribution in [1.82, 2.24) is 29.4 Å². The summed E-state index contributed by atoms with van der Waals surface area (Å²) >= 11 is 0. The van der Waals surface area contributed by atoms with Crippen molar-refractivity contribution in [2.24, 2.45) is 0 Å². The first-order chi connectivity index (χ1) is 14.2. The smallest absolute Gasteiger partial charge is 0.0788 e. The third-order valence-electron chi connectivity index (χ3n) is 5.99. The first-order valence-corrected chi connectivity index (χ1v) is 10.6. The molecule has 0 radical (unpaired) electrons. The molecule has 6 heteroatoms. The van der Waals surface area contributed by atoms with E-state index in [2.05, 4.69) is 69.1 Å². The quantitative estimate of drug-likeness (QED) is 0.539. The molecule has 1 N–H and O–H groups in total. The van der Waals surface area contributed by atoms with E-state index in [0.717, 1.165) is 32.5 Å². The van der Waals surface area contributed by atoms with E-state index in [0.29, 0.717) is 6.04 Å². The second-order valence-corrected chi connectivity index (χ2v) is 8.22. The molecule has 29 heavy (non-hydrogen) atoms. The van der Waals surface area contributed by atoms with Gasteiger partial charge in [-0.2, -0.15) is 10.2 Å². The van der Waals surface area contributed by atoms with Gasteiger partial charge in [-0.1, -0.05) is 18.2 Å². The second-order valence-electron chi connectivity index (χ2n) is 8.22. The summed E-state index contributed by atoms with van der Waals surface area (Å²) in [6, 6.07) is 11.2. The van der Waals surface area contributed by atoms with Crippen molar-refractivity contribution in [3.05, 3.63) is 71.9 Å². The van der Waals surface area contributed by atoms with Gasteiger partial charge >= 0.3 is 0 Å². The van der Waals surface area contributed by atoms with Crippen LogP contribution in [0.5, 0.6) is 0 Å². The standard InChI is InChI=1S/C23H28N6/c1-17(2)29-16-18(15-25-29)23-22-20(19-7-3-4-8-21(19)26-22)9-14-27(23)11-6-13-28-12-5-10-24-28/h3-5,7-8,10,12,15-17,23,26H,6,9,11,13-14H2,1-2H3/t23-/m1/s1. The fourth-order valence-electron chi connectivity index (χ4n) is 4.55. The van der Waals surface area contributed by atoms with E-state index >= 15 is 0 Å². The number of benzene rings is 1. The van der Waals surface area contributed by atoms with Gasteiger partial charge in [-0.15, -0.1) is 0 Å². The van der Waals surface area contributed by atoms with Gasteiger partial charge in [0.1, 0.15) is 0 Å². The Hall–Kier alpha value is -2.86. The number of rotatable bonds is 6. The Kier molecular flexibility index (Phi) is 4.72. The largest absolute Gasteiger partial charge is 0.357 e. The molecular formula is C23H28N6. The first kappa shape index (κ1) is 18.2. The van der Waals surface area contributed by atoms with Gasteiger partial charge in [0.2, 0.25) is 0 Å². The predicted octanol–water partition coefficient (Wildman–Crippen LogP) is 4.18. The maximum absolute atomic E-state index is 4.64. The number of para-hydroxylation sites is 1. The number of H-pyrrole nitrogens is 1. The van der Waals surface area contributed by atoms with E-state index in [1.807, 2.05) is 29.3 Å². The van der Waals surface area contributed by atoms with Crippen molar-refractivity contribution in [3.63, 3.8) is 0 Å². The van der Waals surface area contributed by atoms with E-state index in [-0.39, 0.29) is 6.04 Å². The summed E-state index contributed by atoms with van der Waals surface area (Å²) in [5.41, 5.74) is 5.30. The lowest BCUT2D eigenvalue weighted by Gasteiger charge is -2.35. The van der Waals surface area contributed by atoms with Gasteiger partial charge in [-0.05, 0) is 44.4 Å². The lowest BCUT2D eigenvalue weighted by molar-refractivity contribution is 0.204. The summed E-state index contributed by atoms with van der Waals surface area (Å²) in [5, 5.41) is 10.3. The number of hydrogen-bond acceptors (Lipinski definition) is 3. The average molecular weight is 389 g/mol. The first-order valence-electron chi connectivity index (χ1n) is 10.6. The van der Waals surface area contributed by atoms with Crippen LogP contribution in [0.3, 0.4) is 0 Å². The van der Waals surface area contributed by atoms with Crippen molar-refractivity contribution >= 4 is 10.9 Å². The maximum atomic E-state index is 4.64. The van der Waals surface area contributed by atoms with Gasteiger partial charge in [-0.25, -0.2) is 0 Å². The molecule has 4 heterocycles. The minimum Gasteiger partial charge on any atom is -0.357 e. The molecule has 0 saturated heterocycles. The van der Waals surface area contributed by atoms with Gasteiger partial charge in [0, 0.05) is 66.4 Å². The number of nitrogens with zero attached hydrogens (tertiary/aromatic N) is 5. The van der Waals surface area contributed by atoms with Crippen molar-refractivity contribution in [3.8, 4) is 0 Å². The van der Waals surface area contributed by atoms with Crippen LogP contribution in [0.1, 0.15) is 49.2 Å². The van der Waals surface area contributed by atoms with Crippen LogP contribution in [0.15, 0.2) is 55.1 Å². The van der Waals surface area contributed by atoms with Crippen molar-refractivity contribution < 1.29 is 0 Å². The van der Waals surface area contributed by atoms with Crippen LogP contribution < -0.4 is 0 Å². The third kappa shape index (κ3) is 3.38. The van der Waals surface area contributed by atoms with Crippen molar-refractivity contribution in [1.29, 1.82) is 0 Å². The van der Waals surface area contributed by atoms with Crippen LogP contribution in [0.4, 0.5) is 0 Å². The molecule has 6 nitrogen and oxygen atoms in total. The maximum Gasteiger partial charge on any atom is 0.0788 e. The molecule has 1 aromatic carbocycles. The molecule has 0 unspecified atom stereocenters. The molecule has 3 aromatic heterocycles. The zero-order valence-electron chi connectivity index (χ0n) is 17.1. The number of aromatic nitrogens is 5. The monoisotopic (exact) mass is 388 g/mol. The highest BCUT2D eigenvalue weighted by molar-refractivity contribution is 5.85. The van der Waals surface area contributed by atoms with Crippen LogP contribution >= 0.6 is 0 Å². The van der Waals surface area contributed by atoms with E-state index < -0.39 is 0 Å². The summed E-state index contributed by atoms with van der Waals surface area (Å²) < 4.78 is 4.08. The van der Waals surface area contributed by atoms with Crippen LogP contribution in [0, 0.1) is 0 Å². The fourth-order valence-corrected chi connectivity index (χ4v) is 4.55. The molecule has 0 aliphatic carbocycles. The number of hydrogen-bond donors (Lipinski definition) is 1. The molecular weight excluding hydrogens is 360 g/mol. The lowest BCUT2D eigenvalue weighted by Crippen LogP contribution is -2.37. The molecule has 0 spiro atoms. The van der Waals surface area contributed by atoms with Crippen LogP contribution in [-0.4, -0.2) is 42.5 Å². The Morgan fingerprint density at radius 2 is 2.03 bits per heavy atom. The normalized spacial score (nSPS) is 17.3. The molecule has 4 aromatic rings. The minimum absolute atomic E-state index is 0.219. The van der Waals surface area contributed by atoms with E-state index in [1.165, 1.54) is 27.7 Å². The number of aromatic amines is 1. The zero-order chi connectivity index (χ0) is 19.8. The van der Waals surface area contributed by atoms with Gasteiger partial charge in [0.15, 0.2) is 0 Å². The van der Waals surface area contributed by atoms with Gasteiger partial charge in [0.25, 0.3) is 0 Å². The molecule has 5 rings (SSSR count). The van der Waals surface area contributed by atoms with Gasteiger partial charge in [0.05, 0.1) is 12.2 Å². The van der Waals surface area contributed by atoms with E-state index in [1.54, 1.807) is 0 Å². The summed E-state index contributed by atoms with van der Waals surface area (Å²) in [4.78, 5) is 6.34. The highest BCUT2D eigenvalue weighted by atomic mass is 15.3. The summed E-state index contributed by atoms with van der Waals surface area (Å²) in [6.45, 7) is 7.39. The summed E-state index contributed by atoms with van der Waals surface area (Å²) in [6.07, 6.45) is 10.3. The zero-order valence-corrected chi connectivity index (χ0v) is 17.1. The molecule has 150 valence electrons. The number of nitrogens with one attached hydrogen (secondary N) is 1. The van der Waals surface area contributed by atoms with E-state index in [4.69, 9.17) is 0 Å². The number of aryl methyl sites for hydroxylation is 1. The second kappa shape index (κ2) is 7.52. The topological polar surface area (TPSA) is 54.7 Å². The van der Waals surface area contributed by atoms with Crippen molar-refractivity contribution in [2.75, 3.05) is 13.1 Å². The Labute approximate surface area is 171 Å². The van der Waals surface area contributed by atoms with Gasteiger partial charge < -0.3 is 4.98 Å². The molecule has 1 aliphatic heterocycles. The van der Waals surface area contributed by atoms with Crippen molar-refractivity contribution in [2.45, 2.75) is 45.3 Å². The van der Waals surface area contributed by atoms with E-state index in [9.17, 15) is 0 Å². The Balaban J connectivity index is 1.48.